The first-order chi connectivity index (χ1) is 24.4. The van der Waals surface area contributed by atoms with Gasteiger partial charge in [0.2, 0.25) is 0 Å². The molecule has 0 radical (unpaired) electrons. The molecule has 1 aliphatic carbocycles. The van der Waals surface area contributed by atoms with Gasteiger partial charge in [-0.1, -0.05) is 23.6 Å². The van der Waals surface area contributed by atoms with Crippen LogP contribution in [0.3, 0.4) is 0 Å². The van der Waals surface area contributed by atoms with Crippen molar-refractivity contribution in [3.05, 3.63) is 100 Å². The average molecular weight is 768 g/mol. The summed E-state index contributed by atoms with van der Waals surface area (Å²) in [7, 11) is -5.37. The molecule has 1 fully saturated rings. The third-order valence-electron chi connectivity index (χ3n) is 8.97. The highest BCUT2D eigenvalue weighted by Crippen LogP contribution is 2.40. The third-order valence-corrected chi connectivity index (χ3v) is 13.0. The van der Waals surface area contributed by atoms with Gasteiger partial charge in [0.05, 0.1) is 45.8 Å². The number of sulfone groups is 2. The van der Waals surface area contributed by atoms with E-state index in [0.717, 1.165) is 12.3 Å². The van der Waals surface area contributed by atoms with Crippen molar-refractivity contribution in [1.82, 2.24) is 24.3 Å². The van der Waals surface area contributed by atoms with E-state index in [1.54, 1.807) is 62.1 Å². The van der Waals surface area contributed by atoms with E-state index in [1.807, 2.05) is 0 Å². The van der Waals surface area contributed by atoms with Gasteiger partial charge in [0.15, 0.2) is 25.5 Å². The minimum atomic E-state index is -3.54. The third kappa shape index (κ3) is 8.11. The molecule has 3 aromatic heterocycles. The number of Topliss-reactive ketones (excluding diaryl/α,β-unsaturated/α-hetero) is 1. The van der Waals surface area contributed by atoms with Gasteiger partial charge < -0.3 is 4.57 Å². The summed E-state index contributed by atoms with van der Waals surface area (Å²) in [5, 5.41) is 4.77. The Balaban J connectivity index is 1.55. The highest BCUT2D eigenvalue weighted by atomic mass is 35.5. The number of rotatable bonds is 12. The zero-order valence-electron chi connectivity index (χ0n) is 28.9. The fraction of sp³-hybridized carbons (Fsp3) is 0.351. The molecule has 1 atom stereocenters. The number of benzene rings is 2. The summed E-state index contributed by atoms with van der Waals surface area (Å²) in [4.78, 5) is 22.6. The summed E-state index contributed by atoms with van der Waals surface area (Å²) in [5.74, 6) is 2.96. The van der Waals surface area contributed by atoms with Crippen LogP contribution in [0.4, 0.5) is 8.78 Å². The van der Waals surface area contributed by atoms with Gasteiger partial charge in [-0.25, -0.2) is 35.6 Å². The molecule has 2 aromatic carbocycles. The number of aryl methyl sites for hydroxylation is 1. The Hall–Kier alpha value is -4.45. The number of ketones is 1. The SMILES string of the molecule is Cn1nc(CS(C)(=O)=O)c2c(Cl)ccc(-c3ccc(C#CC(C)(C)S(=O)(=O)C4CC4)nc3[C@@H](CC(=O)Cn3ccnc3)Cc3cc(F)cc(F)c3)c21. The van der Waals surface area contributed by atoms with Crippen LogP contribution in [0.2, 0.25) is 5.02 Å². The van der Waals surface area contributed by atoms with Gasteiger partial charge in [-0.15, -0.1) is 0 Å². The summed E-state index contributed by atoms with van der Waals surface area (Å²) < 4.78 is 81.7. The van der Waals surface area contributed by atoms with E-state index in [-0.39, 0.29) is 52.9 Å². The molecule has 1 aliphatic rings. The average Bonchev–Trinajstić information content (AvgIpc) is 3.71. The standard InChI is InChI=1S/C37H36ClF2N5O5S2/c1-37(2,52(49,50)29-6-7-29)12-11-27-5-8-30(31-9-10-32(38)34-33(21-51(4,47)48)43-44(3)36(31)34)35(42-27)24(15-23-16-25(39)19-26(40)17-23)18-28(46)20-45-14-13-41-22-45/h5,8-10,13-14,16-17,19,22,24,29H,6-7,15,18,20-21H2,1-4H3/t24-/m1/s1. The van der Waals surface area contributed by atoms with Gasteiger partial charge in [0.1, 0.15) is 22.1 Å². The molecule has 3 heterocycles. The van der Waals surface area contributed by atoms with E-state index in [1.165, 1.54) is 23.1 Å². The van der Waals surface area contributed by atoms with Crippen LogP contribution < -0.4 is 0 Å². The Morgan fingerprint density at radius 1 is 1.06 bits per heavy atom. The minimum absolute atomic E-state index is 0.00420. The molecular weight excluding hydrogens is 732 g/mol. The topological polar surface area (TPSA) is 134 Å². The zero-order chi connectivity index (χ0) is 37.6. The van der Waals surface area contributed by atoms with Crippen LogP contribution in [0, 0.1) is 23.5 Å². The van der Waals surface area contributed by atoms with Crippen molar-refractivity contribution in [2.45, 2.75) is 67.7 Å². The van der Waals surface area contributed by atoms with E-state index >= 15 is 0 Å². The lowest BCUT2D eigenvalue weighted by molar-refractivity contribution is -0.120. The molecule has 272 valence electrons. The lowest BCUT2D eigenvalue weighted by Gasteiger charge is -2.21. The molecule has 0 saturated heterocycles. The van der Waals surface area contributed by atoms with E-state index in [4.69, 9.17) is 16.6 Å². The summed E-state index contributed by atoms with van der Waals surface area (Å²) in [6, 6.07) is 9.89. The van der Waals surface area contributed by atoms with Crippen LogP contribution in [0.1, 0.15) is 61.7 Å². The fourth-order valence-electron chi connectivity index (χ4n) is 6.39. The Labute approximate surface area is 306 Å². The lowest BCUT2D eigenvalue weighted by Crippen LogP contribution is -2.33. The molecule has 0 aliphatic heterocycles. The van der Waals surface area contributed by atoms with Gasteiger partial charge in [0, 0.05) is 60.6 Å². The van der Waals surface area contributed by atoms with Crippen LogP contribution in [0.25, 0.3) is 22.0 Å². The number of aromatic nitrogens is 5. The Bertz CT molecular complexity index is 2460. The number of halogens is 3. The molecule has 0 unspecified atom stereocenters. The fourth-order valence-corrected chi connectivity index (χ4v) is 9.13. The largest absolute Gasteiger partial charge is 0.330 e. The maximum Gasteiger partial charge on any atom is 0.169 e. The number of hydrogen-bond acceptors (Lipinski definition) is 8. The molecular formula is C37H36ClF2N5O5S2. The van der Waals surface area contributed by atoms with E-state index < -0.39 is 47.2 Å². The first-order valence-corrected chi connectivity index (χ1v) is 20.4. The van der Waals surface area contributed by atoms with Gasteiger partial charge >= 0.3 is 0 Å². The number of fused-ring (bicyclic) bond motifs is 1. The predicted octanol–water partition coefficient (Wildman–Crippen LogP) is 6.00. The van der Waals surface area contributed by atoms with Gasteiger partial charge in [-0.05, 0) is 74.9 Å². The van der Waals surface area contributed by atoms with Crippen LogP contribution in [0.5, 0.6) is 0 Å². The summed E-state index contributed by atoms with van der Waals surface area (Å²) in [6.07, 6.45) is 6.89. The van der Waals surface area contributed by atoms with Crippen LogP contribution >= 0.6 is 11.6 Å². The molecule has 1 saturated carbocycles. The number of carbonyl (C=O) groups is 1. The van der Waals surface area contributed by atoms with Crippen LogP contribution in [0.15, 0.2) is 61.2 Å². The molecule has 0 N–H and O–H groups in total. The molecule has 52 heavy (non-hydrogen) atoms. The van der Waals surface area contributed by atoms with Crippen molar-refractivity contribution >= 4 is 48.0 Å². The number of nitrogens with zero attached hydrogens (tertiary/aromatic N) is 5. The molecule has 0 amide bonds. The second-order valence-corrected chi connectivity index (χ2v) is 19.1. The molecule has 15 heteroatoms. The maximum absolute atomic E-state index is 14.5. The lowest BCUT2D eigenvalue weighted by atomic mass is 9.86. The van der Waals surface area contributed by atoms with Crippen molar-refractivity contribution in [1.29, 1.82) is 0 Å². The van der Waals surface area contributed by atoms with Crippen LogP contribution in [-0.4, -0.2) is 63.2 Å². The molecule has 6 rings (SSSR count). The van der Waals surface area contributed by atoms with Crippen molar-refractivity contribution in [2.24, 2.45) is 7.05 Å². The van der Waals surface area contributed by atoms with Crippen LogP contribution in [-0.2, 0) is 50.2 Å². The highest BCUT2D eigenvalue weighted by Gasteiger charge is 2.45. The minimum Gasteiger partial charge on any atom is -0.330 e. The Kier molecular flexibility index (Phi) is 10.2. The number of carbonyl (C=O) groups excluding carboxylic acids is 1. The Morgan fingerprint density at radius 2 is 1.75 bits per heavy atom. The van der Waals surface area contributed by atoms with Crippen molar-refractivity contribution in [3.8, 4) is 23.0 Å². The number of pyridine rings is 1. The normalized spacial score (nSPS) is 14.3. The van der Waals surface area contributed by atoms with E-state index in [9.17, 15) is 30.4 Å². The van der Waals surface area contributed by atoms with Gasteiger partial charge in [-0.3, -0.25) is 9.48 Å². The maximum atomic E-state index is 14.5. The summed E-state index contributed by atoms with van der Waals surface area (Å²) in [5.41, 5.74) is 2.70. The quantitative estimate of drug-likeness (QED) is 0.141. The zero-order valence-corrected chi connectivity index (χ0v) is 31.3. The second kappa shape index (κ2) is 14.2. The molecule has 0 bridgehead atoms. The van der Waals surface area contributed by atoms with Gasteiger partial charge in [-0.2, -0.15) is 5.10 Å². The second-order valence-electron chi connectivity index (χ2n) is 13.7. The molecule has 10 nitrogen and oxygen atoms in total. The number of imidazole rings is 1. The summed E-state index contributed by atoms with van der Waals surface area (Å²) in [6.45, 7) is 3.09. The number of hydrogen-bond donors (Lipinski definition) is 0. The van der Waals surface area contributed by atoms with E-state index in [2.05, 4.69) is 21.9 Å². The molecule has 5 aromatic rings. The van der Waals surface area contributed by atoms with Gasteiger partial charge in [0.25, 0.3) is 0 Å². The van der Waals surface area contributed by atoms with Crippen molar-refractivity contribution in [3.63, 3.8) is 0 Å². The van der Waals surface area contributed by atoms with Crippen molar-refractivity contribution in [2.75, 3.05) is 6.26 Å². The summed E-state index contributed by atoms with van der Waals surface area (Å²) >= 11 is 6.66. The predicted molar refractivity (Wildman–Crippen MR) is 195 cm³/mol. The highest BCUT2D eigenvalue weighted by molar-refractivity contribution is 7.93. The van der Waals surface area contributed by atoms with E-state index in [0.29, 0.717) is 40.6 Å². The smallest absolute Gasteiger partial charge is 0.169 e. The monoisotopic (exact) mass is 767 g/mol. The first-order valence-electron chi connectivity index (χ1n) is 16.4. The Morgan fingerprint density at radius 3 is 2.38 bits per heavy atom. The first kappa shape index (κ1) is 37.3. The van der Waals surface area contributed by atoms with Crippen molar-refractivity contribution < 1.29 is 30.4 Å². The molecule has 0 spiro atoms.